The van der Waals surface area contributed by atoms with Crippen molar-refractivity contribution in [3.63, 3.8) is 0 Å². The predicted molar refractivity (Wildman–Crippen MR) is 116 cm³/mol. The second-order valence-corrected chi connectivity index (χ2v) is 9.06. The van der Waals surface area contributed by atoms with E-state index >= 15 is 0 Å². The smallest absolute Gasteiger partial charge is 0.123 e. The molecule has 1 saturated heterocycles. The van der Waals surface area contributed by atoms with Crippen molar-refractivity contribution in [2.45, 2.75) is 43.9 Å². The topological polar surface area (TPSA) is 90.2 Å². The monoisotopic (exact) mass is 444 g/mol. The molecule has 0 amide bonds. The van der Waals surface area contributed by atoms with E-state index in [4.69, 9.17) is 9.84 Å². The van der Waals surface area contributed by atoms with Crippen molar-refractivity contribution < 1.29 is 29.6 Å². The first kappa shape index (κ1) is 22.1. The van der Waals surface area contributed by atoms with Gasteiger partial charge in [0.15, 0.2) is 0 Å². The summed E-state index contributed by atoms with van der Waals surface area (Å²) >= 11 is 1.64. The molecule has 3 aromatic rings. The fraction of sp³-hybridized carbons (Fsp3) is 0.333. The Morgan fingerprint density at radius 3 is 2.48 bits per heavy atom. The Kier molecular flexibility index (Phi) is 6.52. The van der Waals surface area contributed by atoms with Gasteiger partial charge in [0.05, 0.1) is 6.61 Å². The third kappa shape index (κ3) is 4.57. The summed E-state index contributed by atoms with van der Waals surface area (Å²) in [7, 11) is 0. The Morgan fingerprint density at radius 2 is 1.77 bits per heavy atom. The number of halogens is 1. The van der Waals surface area contributed by atoms with Gasteiger partial charge in [-0.3, -0.25) is 0 Å². The molecule has 0 saturated carbocycles. The van der Waals surface area contributed by atoms with E-state index in [9.17, 15) is 19.7 Å². The zero-order chi connectivity index (χ0) is 22.1. The second-order valence-electron chi connectivity index (χ2n) is 7.89. The van der Waals surface area contributed by atoms with E-state index in [2.05, 4.69) is 0 Å². The zero-order valence-electron chi connectivity index (χ0n) is 17.0. The lowest BCUT2D eigenvalue weighted by Gasteiger charge is -2.19. The van der Waals surface area contributed by atoms with E-state index < -0.39 is 37.1 Å². The molecule has 4 N–H and O–H groups in total. The number of aliphatic hydroxyl groups is 4. The van der Waals surface area contributed by atoms with Crippen LogP contribution >= 0.6 is 11.3 Å². The van der Waals surface area contributed by atoms with Gasteiger partial charge in [-0.1, -0.05) is 30.3 Å². The molecule has 1 unspecified atom stereocenters. The fourth-order valence-corrected chi connectivity index (χ4v) is 4.93. The number of hydrogen-bond donors (Lipinski definition) is 4. The van der Waals surface area contributed by atoms with Gasteiger partial charge in [0.2, 0.25) is 0 Å². The maximum absolute atomic E-state index is 13.2. The lowest BCUT2D eigenvalue weighted by atomic mass is 9.95. The molecule has 31 heavy (non-hydrogen) atoms. The van der Waals surface area contributed by atoms with Crippen LogP contribution in [0.5, 0.6) is 0 Å². The number of aryl methyl sites for hydroxylation is 1. The summed E-state index contributed by atoms with van der Waals surface area (Å²) in [4.78, 5) is 2.20. The first-order chi connectivity index (χ1) is 14.9. The van der Waals surface area contributed by atoms with Crippen LogP contribution in [0.3, 0.4) is 0 Å². The molecule has 5 atom stereocenters. The van der Waals surface area contributed by atoms with Gasteiger partial charge in [-0.2, -0.15) is 0 Å². The first-order valence-corrected chi connectivity index (χ1v) is 10.9. The Bertz CT molecular complexity index is 1030. The van der Waals surface area contributed by atoms with Crippen LogP contribution < -0.4 is 0 Å². The van der Waals surface area contributed by atoms with Crippen LogP contribution in [0.2, 0.25) is 0 Å². The highest BCUT2D eigenvalue weighted by atomic mass is 32.1. The van der Waals surface area contributed by atoms with Gasteiger partial charge in [0, 0.05) is 16.2 Å². The molecule has 1 aliphatic rings. The van der Waals surface area contributed by atoms with Crippen LogP contribution in [0.1, 0.15) is 27.7 Å². The molecule has 1 fully saturated rings. The predicted octanol–water partition coefficient (Wildman–Crippen LogP) is 2.97. The minimum absolute atomic E-state index is 0.261. The summed E-state index contributed by atoms with van der Waals surface area (Å²) in [6.45, 7) is 1.45. The molecule has 1 aliphatic heterocycles. The maximum Gasteiger partial charge on any atom is 0.123 e. The van der Waals surface area contributed by atoms with Crippen molar-refractivity contribution in [1.82, 2.24) is 0 Å². The first-order valence-electron chi connectivity index (χ1n) is 10.1. The van der Waals surface area contributed by atoms with E-state index in [1.165, 1.54) is 12.1 Å². The minimum atomic E-state index is -1.28. The summed E-state index contributed by atoms with van der Waals surface area (Å²) in [6, 6.07) is 16.2. The molecule has 5 nitrogen and oxygen atoms in total. The Hall–Kier alpha value is -2.13. The SMILES string of the molecule is Cc1ccc([C@@H]2OC([C@H](O)CO)[C@H](O)[C@@H]2O)cc1Cc1ccc(-c2ccc(F)cc2)s1. The summed E-state index contributed by atoms with van der Waals surface area (Å²) in [5.41, 5.74) is 3.81. The zero-order valence-corrected chi connectivity index (χ0v) is 17.8. The van der Waals surface area contributed by atoms with Gasteiger partial charge in [0.25, 0.3) is 0 Å². The van der Waals surface area contributed by atoms with E-state index in [1.807, 2.05) is 37.3 Å². The molecule has 164 valence electrons. The van der Waals surface area contributed by atoms with Gasteiger partial charge >= 0.3 is 0 Å². The maximum atomic E-state index is 13.2. The van der Waals surface area contributed by atoms with Gasteiger partial charge < -0.3 is 25.2 Å². The molecule has 0 aliphatic carbocycles. The van der Waals surface area contributed by atoms with E-state index in [1.54, 1.807) is 23.5 Å². The van der Waals surface area contributed by atoms with E-state index in [0.717, 1.165) is 26.4 Å². The molecule has 7 heteroatoms. The number of benzene rings is 2. The molecule has 0 bridgehead atoms. The number of thiophene rings is 1. The standard InChI is InChI=1S/C24H25FO5S/c1-13-2-3-15(23-21(28)22(29)24(30-23)19(27)12-26)10-16(13)11-18-8-9-20(31-18)14-4-6-17(25)7-5-14/h2-10,19,21-24,26-29H,11-12H2,1H3/t19-,21+,22-,23+,24?/m1/s1. The summed E-state index contributed by atoms with van der Waals surface area (Å²) in [5.74, 6) is -0.261. The van der Waals surface area contributed by atoms with Crippen LogP contribution in [-0.4, -0.2) is 51.4 Å². The molecule has 1 aromatic heterocycles. The summed E-state index contributed by atoms with van der Waals surface area (Å²) < 4.78 is 18.9. The highest BCUT2D eigenvalue weighted by Gasteiger charge is 2.46. The van der Waals surface area contributed by atoms with Gasteiger partial charge in [-0.25, -0.2) is 4.39 Å². The van der Waals surface area contributed by atoms with Crippen molar-refractivity contribution in [2.24, 2.45) is 0 Å². The van der Waals surface area contributed by atoms with Gasteiger partial charge in [0.1, 0.15) is 36.3 Å². The molecule has 4 rings (SSSR count). The lowest BCUT2D eigenvalue weighted by molar-refractivity contribution is -0.0820. The van der Waals surface area contributed by atoms with Crippen molar-refractivity contribution in [3.8, 4) is 10.4 Å². The molecule has 2 heterocycles. The number of hydrogen-bond acceptors (Lipinski definition) is 6. The lowest BCUT2D eigenvalue weighted by Crippen LogP contribution is -2.40. The van der Waals surface area contributed by atoms with Crippen LogP contribution in [0.15, 0.2) is 54.6 Å². The summed E-state index contributed by atoms with van der Waals surface area (Å²) in [5, 5.41) is 39.7. The average Bonchev–Trinajstić information content (AvgIpc) is 3.35. The fourth-order valence-electron chi connectivity index (χ4n) is 3.89. The normalized spacial score (nSPS) is 24.5. The van der Waals surface area contributed by atoms with Crippen molar-refractivity contribution >= 4 is 11.3 Å². The number of aliphatic hydroxyl groups excluding tert-OH is 4. The van der Waals surface area contributed by atoms with E-state index in [-0.39, 0.29) is 5.82 Å². The van der Waals surface area contributed by atoms with Gasteiger partial charge in [-0.15, -0.1) is 11.3 Å². The summed E-state index contributed by atoms with van der Waals surface area (Å²) in [6.07, 6.45) is -4.92. The molecule has 0 radical (unpaired) electrons. The van der Waals surface area contributed by atoms with Gasteiger partial charge in [-0.05, 0) is 53.4 Å². The minimum Gasteiger partial charge on any atom is -0.394 e. The number of ether oxygens (including phenoxy) is 1. The van der Waals surface area contributed by atoms with Crippen LogP contribution in [-0.2, 0) is 11.2 Å². The van der Waals surface area contributed by atoms with E-state index in [0.29, 0.717) is 12.0 Å². The Morgan fingerprint density at radius 1 is 1.03 bits per heavy atom. The van der Waals surface area contributed by atoms with Crippen molar-refractivity contribution in [3.05, 3.63) is 82.0 Å². The third-order valence-corrected chi connectivity index (χ3v) is 6.86. The quantitative estimate of drug-likeness (QED) is 0.469. The Labute approximate surface area is 184 Å². The molecule has 2 aromatic carbocycles. The highest BCUT2D eigenvalue weighted by Crippen LogP contribution is 2.36. The van der Waals surface area contributed by atoms with Crippen molar-refractivity contribution in [1.29, 1.82) is 0 Å². The number of rotatable bonds is 6. The average molecular weight is 445 g/mol. The van der Waals surface area contributed by atoms with Crippen LogP contribution in [0, 0.1) is 12.7 Å². The second kappa shape index (κ2) is 9.16. The van der Waals surface area contributed by atoms with Crippen molar-refractivity contribution in [2.75, 3.05) is 6.61 Å². The molecular formula is C24H25FO5S. The largest absolute Gasteiger partial charge is 0.394 e. The molecule has 0 spiro atoms. The van der Waals surface area contributed by atoms with Crippen LogP contribution in [0.4, 0.5) is 4.39 Å². The van der Waals surface area contributed by atoms with Crippen LogP contribution in [0.25, 0.3) is 10.4 Å². The highest BCUT2D eigenvalue weighted by molar-refractivity contribution is 7.15. The molecular weight excluding hydrogens is 419 g/mol. The third-order valence-electron chi connectivity index (χ3n) is 5.72. The Balaban J connectivity index is 1.54.